The first-order valence-electron chi connectivity index (χ1n) is 10.8. The van der Waals surface area contributed by atoms with Crippen molar-refractivity contribution in [3.63, 3.8) is 0 Å². The van der Waals surface area contributed by atoms with Gasteiger partial charge in [0.05, 0.1) is 11.1 Å². The van der Waals surface area contributed by atoms with Crippen molar-refractivity contribution in [2.75, 3.05) is 13.1 Å². The first-order chi connectivity index (χ1) is 14.6. The Morgan fingerprint density at radius 2 is 1.60 bits per heavy atom. The number of fused-ring (bicyclic) bond motifs is 1. The summed E-state index contributed by atoms with van der Waals surface area (Å²) < 4.78 is 1.56. The summed E-state index contributed by atoms with van der Waals surface area (Å²) >= 11 is 0. The second kappa shape index (κ2) is 9.26. The smallest absolute Gasteiger partial charge is 0.252 e. The second-order valence-electron chi connectivity index (χ2n) is 8.16. The van der Waals surface area contributed by atoms with Gasteiger partial charge in [-0.3, -0.25) is 14.5 Å². The zero-order valence-electron chi connectivity index (χ0n) is 17.6. The number of aromatic nitrogens is 1. The van der Waals surface area contributed by atoms with Crippen molar-refractivity contribution in [3.05, 3.63) is 81.6 Å². The van der Waals surface area contributed by atoms with Crippen LogP contribution in [0.5, 0.6) is 0 Å². The minimum absolute atomic E-state index is 0.184. The van der Waals surface area contributed by atoms with Gasteiger partial charge in [0.1, 0.15) is 0 Å². The summed E-state index contributed by atoms with van der Waals surface area (Å²) in [6.45, 7) is 3.79. The van der Waals surface area contributed by atoms with Crippen LogP contribution in [0.2, 0.25) is 0 Å². The minimum atomic E-state index is -0.224. The van der Waals surface area contributed by atoms with Gasteiger partial charge >= 0.3 is 0 Å². The number of hydrogen-bond donors (Lipinski definition) is 1. The molecule has 2 heterocycles. The molecule has 0 bridgehead atoms. The first-order valence-corrected chi connectivity index (χ1v) is 10.8. The van der Waals surface area contributed by atoms with Crippen LogP contribution in [0.1, 0.15) is 47.2 Å². The fourth-order valence-electron chi connectivity index (χ4n) is 4.19. The van der Waals surface area contributed by atoms with Crippen LogP contribution in [0.3, 0.4) is 0 Å². The number of pyridine rings is 1. The zero-order valence-corrected chi connectivity index (χ0v) is 17.6. The van der Waals surface area contributed by atoms with Crippen molar-refractivity contribution in [1.29, 1.82) is 0 Å². The van der Waals surface area contributed by atoms with E-state index in [4.69, 9.17) is 0 Å². The van der Waals surface area contributed by atoms with Crippen LogP contribution in [-0.2, 0) is 20.1 Å². The van der Waals surface area contributed by atoms with Crippen LogP contribution in [0.15, 0.2) is 59.4 Å². The molecule has 5 heteroatoms. The lowest BCUT2D eigenvalue weighted by Gasteiger charge is -2.19. The molecule has 1 amide bonds. The maximum atomic E-state index is 12.8. The van der Waals surface area contributed by atoms with E-state index < -0.39 is 0 Å². The Balaban J connectivity index is 1.41. The van der Waals surface area contributed by atoms with Gasteiger partial charge in [0, 0.05) is 31.6 Å². The number of benzene rings is 2. The third-order valence-corrected chi connectivity index (χ3v) is 5.98. The summed E-state index contributed by atoms with van der Waals surface area (Å²) in [6, 6.07) is 17.4. The van der Waals surface area contributed by atoms with Gasteiger partial charge in [0.2, 0.25) is 0 Å². The van der Waals surface area contributed by atoms with Crippen molar-refractivity contribution < 1.29 is 4.79 Å². The number of nitrogens with zero attached hydrogens (tertiary/aromatic N) is 2. The van der Waals surface area contributed by atoms with Gasteiger partial charge in [-0.15, -0.1) is 0 Å². The van der Waals surface area contributed by atoms with Crippen LogP contribution in [0.25, 0.3) is 10.9 Å². The predicted molar refractivity (Wildman–Crippen MR) is 121 cm³/mol. The fraction of sp³-hybridized carbons (Fsp3) is 0.360. The molecule has 1 fully saturated rings. The number of rotatable bonds is 5. The number of para-hydroxylation sites is 1. The molecule has 0 atom stereocenters. The maximum Gasteiger partial charge on any atom is 0.252 e. The molecule has 1 aliphatic rings. The van der Waals surface area contributed by atoms with E-state index in [0.29, 0.717) is 12.1 Å². The normalized spacial score (nSPS) is 15.1. The highest BCUT2D eigenvalue weighted by Crippen LogP contribution is 2.17. The Hall–Kier alpha value is -2.92. The van der Waals surface area contributed by atoms with E-state index in [1.165, 1.54) is 50.4 Å². The van der Waals surface area contributed by atoms with Gasteiger partial charge in [-0.1, -0.05) is 55.3 Å². The highest BCUT2D eigenvalue weighted by molar-refractivity contribution is 6.06. The zero-order chi connectivity index (χ0) is 20.9. The Morgan fingerprint density at radius 3 is 2.33 bits per heavy atom. The van der Waals surface area contributed by atoms with E-state index in [-0.39, 0.29) is 11.5 Å². The Morgan fingerprint density at radius 1 is 0.933 bits per heavy atom. The van der Waals surface area contributed by atoms with Crippen LogP contribution in [0, 0.1) is 0 Å². The number of nitrogens with one attached hydrogen (secondary N) is 1. The number of hydrogen-bond acceptors (Lipinski definition) is 3. The van der Waals surface area contributed by atoms with E-state index in [9.17, 15) is 9.59 Å². The molecule has 0 spiro atoms. The van der Waals surface area contributed by atoms with Crippen molar-refractivity contribution >= 4 is 16.8 Å². The van der Waals surface area contributed by atoms with E-state index in [0.717, 1.165) is 23.0 Å². The highest BCUT2D eigenvalue weighted by Gasteiger charge is 2.13. The largest absolute Gasteiger partial charge is 0.348 e. The Bertz CT molecular complexity index is 1080. The van der Waals surface area contributed by atoms with E-state index in [1.807, 2.05) is 24.3 Å². The van der Waals surface area contributed by atoms with Gasteiger partial charge < -0.3 is 9.88 Å². The molecule has 30 heavy (non-hydrogen) atoms. The second-order valence-corrected chi connectivity index (χ2v) is 8.16. The number of aryl methyl sites for hydroxylation is 1. The molecule has 0 unspecified atom stereocenters. The van der Waals surface area contributed by atoms with Crippen LogP contribution in [0.4, 0.5) is 0 Å². The lowest BCUT2D eigenvalue weighted by atomic mass is 10.1. The lowest BCUT2D eigenvalue weighted by molar-refractivity contribution is 0.0952. The number of carbonyl (C=O) groups excluding carboxylic acids is 1. The number of amides is 1. The monoisotopic (exact) mass is 403 g/mol. The van der Waals surface area contributed by atoms with Gasteiger partial charge in [-0.25, -0.2) is 0 Å². The molecule has 0 saturated carbocycles. The molecule has 156 valence electrons. The molecule has 1 aliphatic heterocycles. The van der Waals surface area contributed by atoms with E-state index >= 15 is 0 Å². The standard InChI is InChI=1S/C25H29N3O2/c1-27-23-9-5-4-8-21(23)22(16-24(27)29)25(30)26-17-19-10-12-20(13-11-19)18-28-14-6-2-3-7-15-28/h4-5,8-13,16H,2-3,6-7,14-15,17-18H2,1H3,(H,26,30). The molecule has 4 rings (SSSR count). The average Bonchev–Trinajstić information content (AvgIpc) is 3.04. The van der Waals surface area contributed by atoms with Crippen molar-refractivity contribution in [3.8, 4) is 0 Å². The number of carbonyl (C=O) groups is 1. The highest BCUT2D eigenvalue weighted by atomic mass is 16.2. The van der Waals surface area contributed by atoms with Gasteiger partial charge in [-0.05, 0) is 43.1 Å². The molecule has 0 radical (unpaired) electrons. The summed E-state index contributed by atoms with van der Waals surface area (Å²) in [6.07, 6.45) is 5.28. The Labute approximate surface area is 177 Å². The molecular weight excluding hydrogens is 374 g/mol. The summed E-state index contributed by atoms with van der Waals surface area (Å²) in [7, 11) is 1.72. The topological polar surface area (TPSA) is 54.3 Å². The van der Waals surface area contributed by atoms with Crippen molar-refractivity contribution in [2.45, 2.75) is 38.8 Å². The molecule has 0 aliphatic carbocycles. The average molecular weight is 404 g/mol. The lowest BCUT2D eigenvalue weighted by Crippen LogP contribution is -2.26. The third-order valence-electron chi connectivity index (χ3n) is 5.98. The fourth-order valence-corrected chi connectivity index (χ4v) is 4.19. The van der Waals surface area contributed by atoms with E-state index in [1.54, 1.807) is 11.6 Å². The number of likely N-dealkylation sites (tertiary alicyclic amines) is 1. The molecule has 3 aromatic rings. The minimum Gasteiger partial charge on any atom is -0.348 e. The summed E-state index contributed by atoms with van der Waals surface area (Å²) in [4.78, 5) is 27.6. The van der Waals surface area contributed by atoms with Crippen LogP contribution in [-0.4, -0.2) is 28.5 Å². The van der Waals surface area contributed by atoms with Crippen molar-refractivity contribution in [1.82, 2.24) is 14.8 Å². The first kappa shape index (κ1) is 20.4. The molecule has 1 aromatic heterocycles. The molecule has 5 nitrogen and oxygen atoms in total. The third kappa shape index (κ3) is 4.62. The summed E-state index contributed by atoms with van der Waals surface area (Å²) in [5.41, 5.74) is 3.36. The van der Waals surface area contributed by atoms with Crippen LogP contribution >= 0.6 is 0 Å². The quantitative estimate of drug-likeness (QED) is 0.704. The van der Waals surface area contributed by atoms with Gasteiger partial charge in [0.25, 0.3) is 11.5 Å². The van der Waals surface area contributed by atoms with E-state index in [2.05, 4.69) is 34.5 Å². The summed E-state index contributed by atoms with van der Waals surface area (Å²) in [5, 5.41) is 3.75. The Kier molecular flexibility index (Phi) is 6.29. The molecule has 1 N–H and O–H groups in total. The SMILES string of the molecule is Cn1c(=O)cc(C(=O)NCc2ccc(CN3CCCCCC3)cc2)c2ccccc21. The molecular formula is C25H29N3O2. The van der Waals surface area contributed by atoms with Crippen LogP contribution < -0.4 is 10.9 Å². The maximum absolute atomic E-state index is 12.8. The van der Waals surface area contributed by atoms with Crippen molar-refractivity contribution in [2.24, 2.45) is 7.05 Å². The molecule has 2 aromatic carbocycles. The molecule has 1 saturated heterocycles. The predicted octanol–water partition coefficient (Wildman–Crippen LogP) is 3.84. The van der Waals surface area contributed by atoms with Gasteiger partial charge in [-0.2, -0.15) is 0 Å². The summed E-state index contributed by atoms with van der Waals surface area (Å²) in [5.74, 6) is -0.224. The van der Waals surface area contributed by atoms with Gasteiger partial charge in [0.15, 0.2) is 0 Å².